The van der Waals surface area contributed by atoms with E-state index < -0.39 is 9.84 Å². The molecule has 1 rings (SSSR count). The summed E-state index contributed by atoms with van der Waals surface area (Å²) >= 11 is 0. The van der Waals surface area contributed by atoms with Crippen molar-refractivity contribution < 1.29 is 8.42 Å². The van der Waals surface area contributed by atoms with E-state index in [1.165, 1.54) is 6.20 Å². The van der Waals surface area contributed by atoms with Crippen LogP contribution in [-0.4, -0.2) is 19.2 Å². The van der Waals surface area contributed by atoms with Crippen LogP contribution < -0.4 is 5.73 Å². The fourth-order valence-corrected chi connectivity index (χ4v) is 1.83. The highest BCUT2D eigenvalue weighted by Gasteiger charge is 2.12. The zero-order valence-corrected chi connectivity index (χ0v) is 9.08. The zero-order valence-electron chi connectivity index (χ0n) is 8.27. The quantitative estimate of drug-likeness (QED) is 0.811. The Hall–Kier alpha value is -0.940. The lowest BCUT2D eigenvalue weighted by molar-refractivity contribution is 0.596. The molecule has 4 nitrogen and oxygen atoms in total. The number of nitrogens with two attached hydrogens (primary N) is 1. The average molecular weight is 214 g/mol. The van der Waals surface area contributed by atoms with Gasteiger partial charge in [0.25, 0.3) is 0 Å². The summed E-state index contributed by atoms with van der Waals surface area (Å²) in [5.41, 5.74) is 6.29. The smallest absolute Gasteiger partial charge is 0.179 e. The molecule has 0 saturated carbocycles. The molecule has 0 aromatic carbocycles. The highest BCUT2D eigenvalue weighted by atomic mass is 32.2. The third-order valence-electron chi connectivity index (χ3n) is 1.96. The highest BCUT2D eigenvalue weighted by Crippen LogP contribution is 2.12. The molecule has 0 unspecified atom stereocenters. The van der Waals surface area contributed by atoms with Gasteiger partial charge in [-0.05, 0) is 19.1 Å². The maximum Gasteiger partial charge on any atom is 0.179 e. The average Bonchev–Trinajstić information content (AvgIpc) is 2.18. The fraction of sp³-hybridized carbons (Fsp3) is 0.444. The second-order valence-electron chi connectivity index (χ2n) is 3.11. The molecule has 1 aromatic heterocycles. The molecule has 2 N–H and O–H groups in total. The number of hydrogen-bond acceptors (Lipinski definition) is 4. The first-order valence-electron chi connectivity index (χ1n) is 4.41. The Morgan fingerprint density at radius 1 is 1.50 bits per heavy atom. The van der Waals surface area contributed by atoms with Crippen molar-refractivity contribution >= 4 is 9.84 Å². The van der Waals surface area contributed by atoms with Crippen LogP contribution in [0.4, 0.5) is 0 Å². The van der Waals surface area contributed by atoms with Gasteiger partial charge in [0.2, 0.25) is 0 Å². The SMILES string of the molecule is CCS(=O)(=O)c1ccc([C@H](C)N)nc1. The van der Waals surface area contributed by atoms with Crippen molar-refractivity contribution in [1.29, 1.82) is 0 Å². The topological polar surface area (TPSA) is 73.0 Å². The molecular weight excluding hydrogens is 200 g/mol. The first kappa shape index (κ1) is 11.1. The van der Waals surface area contributed by atoms with Gasteiger partial charge in [-0.1, -0.05) is 6.92 Å². The van der Waals surface area contributed by atoms with E-state index in [2.05, 4.69) is 4.98 Å². The molecule has 1 atom stereocenters. The van der Waals surface area contributed by atoms with E-state index in [4.69, 9.17) is 5.73 Å². The predicted molar refractivity (Wildman–Crippen MR) is 54.6 cm³/mol. The van der Waals surface area contributed by atoms with Crippen LogP contribution in [0.5, 0.6) is 0 Å². The van der Waals surface area contributed by atoms with E-state index >= 15 is 0 Å². The van der Waals surface area contributed by atoms with Gasteiger partial charge in [0, 0.05) is 12.2 Å². The number of rotatable bonds is 3. The second kappa shape index (κ2) is 4.06. The molecule has 0 saturated heterocycles. The van der Waals surface area contributed by atoms with E-state index in [0.717, 1.165) is 0 Å². The largest absolute Gasteiger partial charge is 0.323 e. The van der Waals surface area contributed by atoms with Crippen LogP contribution >= 0.6 is 0 Å². The summed E-state index contributed by atoms with van der Waals surface area (Å²) in [5.74, 6) is 0.0895. The molecule has 0 spiro atoms. The summed E-state index contributed by atoms with van der Waals surface area (Å²) in [6, 6.07) is 3.02. The standard InChI is InChI=1S/C9H14N2O2S/c1-3-14(12,13)8-4-5-9(7(2)10)11-6-8/h4-7H,3,10H2,1-2H3/t7-/m0/s1. The number of sulfone groups is 1. The molecule has 0 aliphatic heterocycles. The lowest BCUT2D eigenvalue weighted by Crippen LogP contribution is -2.09. The zero-order chi connectivity index (χ0) is 10.8. The van der Waals surface area contributed by atoms with Crippen molar-refractivity contribution in [3.63, 3.8) is 0 Å². The van der Waals surface area contributed by atoms with Crippen molar-refractivity contribution in [2.45, 2.75) is 24.8 Å². The van der Waals surface area contributed by atoms with E-state index in [9.17, 15) is 8.42 Å². The van der Waals surface area contributed by atoms with Gasteiger partial charge in [-0.15, -0.1) is 0 Å². The second-order valence-corrected chi connectivity index (χ2v) is 5.39. The lowest BCUT2D eigenvalue weighted by atomic mass is 10.2. The summed E-state index contributed by atoms with van der Waals surface area (Å²) in [7, 11) is -3.14. The van der Waals surface area contributed by atoms with Crippen LogP contribution in [-0.2, 0) is 9.84 Å². The minimum atomic E-state index is -3.14. The molecular formula is C9H14N2O2S. The van der Waals surface area contributed by atoms with Crippen molar-refractivity contribution in [3.05, 3.63) is 24.0 Å². The minimum absolute atomic E-state index is 0.0895. The first-order chi connectivity index (χ1) is 6.47. The van der Waals surface area contributed by atoms with E-state index in [-0.39, 0.29) is 16.7 Å². The van der Waals surface area contributed by atoms with Crippen LogP contribution in [0.15, 0.2) is 23.2 Å². The Balaban J connectivity index is 3.06. The molecule has 0 amide bonds. The Morgan fingerprint density at radius 3 is 2.50 bits per heavy atom. The van der Waals surface area contributed by atoms with Crippen LogP contribution in [0.2, 0.25) is 0 Å². The van der Waals surface area contributed by atoms with Crippen molar-refractivity contribution in [2.24, 2.45) is 5.73 Å². The Morgan fingerprint density at radius 2 is 2.14 bits per heavy atom. The third-order valence-corrected chi connectivity index (χ3v) is 3.68. The van der Waals surface area contributed by atoms with Crippen molar-refractivity contribution in [2.75, 3.05) is 5.75 Å². The number of nitrogens with zero attached hydrogens (tertiary/aromatic N) is 1. The van der Waals surface area contributed by atoms with Gasteiger partial charge >= 0.3 is 0 Å². The van der Waals surface area contributed by atoms with Gasteiger partial charge in [-0.3, -0.25) is 4.98 Å². The van der Waals surface area contributed by atoms with Crippen LogP contribution in [0.25, 0.3) is 0 Å². The number of hydrogen-bond donors (Lipinski definition) is 1. The summed E-state index contributed by atoms with van der Waals surface area (Å²) in [6.07, 6.45) is 1.36. The molecule has 14 heavy (non-hydrogen) atoms. The molecule has 5 heteroatoms. The maximum absolute atomic E-state index is 11.4. The first-order valence-corrected chi connectivity index (χ1v) is 6.07. The molecule has 0 fully saturated rings. The summed E-state index contributed by atoms with van der Waals surface area (Å²) in [6.45, 7) is 3.41. The molecule has 0 bridgehead atoms. The fourth-order valence-electron chi connectivity index (χ4n) is 1.01. The third kappa shape index (κ3) is 2.30. The molecule has 0 aliphatic carbocycles. The van der Waals surface area contributed by atoms with E-state index in [1.807, 2.05) is 0 Å². The minimum Gasteiger partial charge on any atom is -0.323 e. The number of pyridine rings is 1. The summed E-state index contributed by atoms with van der Waals surface area (Å²) < 4.78 is 22.8. The monoisotopic (exact) mass is 214 g/mol. The van der Waals surface area contributed by atoms with Crippen molar-refractivity contribution in [1.82, 2.24) is 4.98 Å². The predicted octanol–water partition coefficient (Wildman–Crippen LogP) is 0.895. The molecule has 0 radical (unpaired) electrons. The lowest BCUT2D eigenvalue weighted by Gasteiger charge is -2.05. The highest BCUT2D eigenvalue weighted by molar-refractivity contribution is 7.91. The van der Waals surface area contributed by atoms with Gasteiger partial charge in [-0.25, -0.2) is 8.42 Å². The Kier molecular flexibility index (Phi) is 3.23. The van der Waals surface area contributed by atoms with Gasteiger partial charge in [0.1, 0.15) is 0 Å². The van der Waals surface area contributed by atoms with Gasteiger partial charge in [-0.2, -0.15) is 0 Å². The van der Waals surface area contributed by atoms with Gasteiger partial charge < -0.3 is 5.73 Å². The molecule has 78 valence electrons. The normalized spacial score (nSPS) is 13.9. The molecule has 0 aliphatic rings. The number of aromatic nitrogens is 1. The van der Waals surface area contributed by atoms with E-state index in [1.54, 1.807) is 26.0 Å². The van der Waals surface area contributed by atoms with Crippen LogP contribution in [0, 0.1) is 0 Å². The van der Waals surface area contributed by atoms with Gasteiger partial charge in [0.15, 0.2) is 9.84 Å². The molecule has 1 aromatic rings. The molecule has 1 heterocycles. The maximum atomic E-state index is 11.4. The Bertz CT molecular complexity index is 395. The van der Waals surface area contributed by atoms with Crippen LogP contribution in [0.3, 0.4) is 0 Å². The van der Waals surface area contributed by atoms with Gasteiger partial charge in [0.05, 0.1) is 16.3 Å². The van der Waals surface area contributed by atoms with Crippen molar-refractivity contribution in [3.8, 4) is 0 Å². The summed E-state index contributed by atoms with van der Waals surface area (Å²) in [4.78, 5) is 4.24. The van der Waals surface area contributed by atoms with E-state index in [0.29, 0.717) is 5.69 Å². The Labute approximate surface area is 84.1 Å². The van der Waals surface area contributed by atoms with Crippen LogP contribution in [0.1, 0.15) is 25.6 Å². The summed E-state index contributed by atoms with van der Waals surface area (Å²) in [5, 5.41) is 0.